The highest BCUT2D eigenvalue weighted by atomic mass is 32.2. The normalized spacial score (nSPS) is 10.6. The standard InChI is InChI=1S/C10H11N5S/c1-16-9-5-3-2-4-7(9)14-15-8(6-11)10(12)13/h2-5,14H,1H3,(H3,12,13)/b15-8+. The van der Waals surface area contributed by atoms with Gasteiger partial charge in [0.15, 0.2) is 5.84 Å². The molecular formula is C10H11N5S. The third-order valence-corrected chi connectivity index (χ3v) is 2.55. The monoisotopic (exact) mass is 233 g/mol. The molecule has 0 aromatic heterocycles. The summed E-state index contributed by atoms with van der Waals surface area (Å²) >= 11 is 1.56. The van der Waals surface area contributed by atoms with Gasteiger partial charge in [0.25, 0.3) is 0 Å². The fraction of sp³-hybridized carbons (Fsp3) is 0.100. The summed E-state index contributed by atoms with van der Waals surface area (Å²) in [6, 6.07) is 9.28. The fourth-order valence-corrected chi connectivity index (χ4v) is 1.55. The van der Waals surface area contributed by atoms with E-state index in [1.165, 1.54) is 0 Å². The summed E-state index contributed by atoms with van der Waals surface area (Å²) in [6.07, 6.45) is 1.94. The number of amidine groups is 1. The van der Waals surface area contributed by atoms with E-state index in [1.807, 2.05) is 30.5 Å². The maximum absolute atomic E-state index is 8.65. The Morgan fingerprint density at radius 2 is 2.25 bits per heavy atom. The van der Waals surface area contributed by atoms with Crippen molar-refractivity contribution in [2.45, 2.75) is 4.90 Å². The zero-order chi connectivity index (χ0) is 12.0. The molecular weight excluding hydrogens is 222 g/mol. The van der Waals surface area contributed by atoms with Crippen molar-refractivity contribution in [2.24, 2.45) is 10.8 Å². The van der Waals surface area contributed by atoms with E-state index in [4.69, 9.17) is 16.4 Å². The average molecular weight is 233 g/mol. The molecule has 0 spiro atoms. The van der Waals surface area contributed by atoms with Gasteiger partial charge in [-0.3, -0.25) is 10.8 Å². The summed E-state index contributed by atoms with van der Waals surface area (Å²) in [5.41, 5.74) is 8.54. The van der Waals surface area contributed by atoms with Crippen molar-refractivity contribution in [1.82, 2.24) is 0 Å². The van der Waals surface area contributed by atoms with Crippen molar-refractivity contribution in [1.29, 1.82) is 10.7 Å². The zero-order valence-electron chi connectivity index (χ0n) is 8.69. The number of hydrazone groups is 1. The molecule has 0 saturated heterocycles. The highest BCUT2D eigenvalue weighted by Crippen LogP contribution is 2.24. The van der Waals surface area contributed by atoms with Gasteiger partial charge >= 0.3 is 0 Å². The maximum atomic E-state index is 8.65. The minimum atomic E-state index is -0.350. The molecule has 0 aliphatic heterocycles. The number of para-hydroxylation sites is 1. The van der Waals surface area contributed by atoms with E-state index in [0.717, 1.165) is 10.6 Å². The second kappa shape index (κ2) is 5.78. The second-order valence-corrected chi connectivity index (χ2v) is 3.65. The van der Waals surface area contributed by atoms with Gasteiger partial charge in [-0.15, -0.1) is 11.8 Å². The first-order valence-corrected chi connectivity index (χ1v) is 5.62. The topological polar surface area (TPSA) is 98.0 Å². The number of nitrogens with zero attached hydrogens (tertiary/aromatic N) is 2. The number of hydrogen-bond acceptors (Lipinski definition) is 5. The smallest absolute Gasteiger partial charge is 0.201 e. The highest BCUT2D eigenvalue weighted by molar-refractivity contribution is 7.98. The van der Waals surface area contributed by atoms with Crippen LogP contribution in [0.15, 0.2) is 34.3 Å². The summed E-state index contributed by atoms with van der Waals surface area (Å²) in [5, 5.41) is 19.5. The van der Waals surface area contributed by atoms with E-state index in [9.17, 15) is 0 Å². The summed E-state index contributed by atoms with van der Waals surface area (Å²) in [7, 11) is 0. The van der Waals surface area contributed by atoms with Gasteiger partial charge in [0.1, 0.15) is 6.07 Å². The van der Waals surface area contributed by atoms with E-state index in [0.29, 0.717) is 0 Å². The number of nitrogens with two attached hydrogens (primary N) is 1. The van der Waals surface area contributed by atoms with Crippen molar-refractivity contribution < 1.29 is 0 Å². The quantitative estimate of drug-likeness (QED) is 0.318. The summed E-state index contributed by atoms with van der Waals surface area (Å²) in [4.78, 5) is 1.01. The number of rotatable bonds is 4. The molecule has 1 aromatic rings. The van der Waals surface area contributed by atoms with Crippen molar-refractivity contribution in [3.63, 3.8) is 0 Å². The summed E-state index contributed by atoms with van der Waals surface area (Å²) in [6.45, 7) is 0. The van der Waals surface area contributed by atoms with Crippen molar-refractivity contribution in [3.8, 4) is 6.07 Å². The van der Waals surface area contributed by atoms with E-state index >= 15 is 0 Å². The SMILES string of the molecule is CSc1ccccc1N/N=C(\C#N)C(=N)N. The van der Waals surface area contributed by atoms with Gasteiger partial charge in [0.05, 0.1) is 5.69 Å². The van der Waals surface area contributed by atoms with Crippen molar-refractivity contribution in [3.05, 3.63) is 24.3 Å². The lowest BCUT2D eigenvalue weighted by atomic mass is 10.3. The molecule has 0 unspecified atom stereocenters. The minimum Gasteiger partial charge on any atom is -0.382 e. The van der Waals surface area contributed by atoms with Gasteiger partial charge in [-0.25, -0.2) is 0 Å². The lowest BCUT2D eigenvalue weighted by Crippen LogP contribution is -2.21. The molecule has 0 atom stereocenters. The molecule has 82 valence electrons. The van der Waals surface area contributed by atoms with Crippen molar-refractivity contribution in [2.75, 3.05) is 11.7 Å². The molecule has 4 N–H and O–H groups in total. The first-order chi connectivity index (χ1) is 7.69. The van der Waals surface area contributed by atoms with Crippen LogP contribution in [-0.2, 0) is 0 Å². The molecule has 1 aromatic carbocycles. The van der Waals surface area contributed by atoms with Crippen LogP contribution in [-0.4, -0.2) is 17.8 Å². The van der Waals surface area contributed by atoms with Crippen LogP contribution in [0.4, 0.5) is 5.69 Å². The number of nitriles is 1. The predicted octanol–water partition coefficient (Wildman–Crippen LogP) is 1.64. The van der Waals surface area contributed by atoms with Crippen LogP contribution >= 0.6 is 11.8 Å². The highest BCUT2D eigenvalue weighted by Gasteiger charge is 2.02. The Bertz CT molecular complexity index is 461. The first kappa shape index (κ1) is 12.1. The molecule has 0 amide bonds. The minimum absolute atomic E-state index is 0.129. The summed E-state index contributed by atoms with van der Waals surface area (Å²) in [5.74, 6) is -0.350. The van der Waals surface area contributed by atoms with Gasteiger partial charge in [-0.1, -0.05) is 12.1 Å². The largest absolute Gasteiger partial charge is 0.382 e. The van der Waals surface area contributed by atoms with E-state index in [-0.39, 0.29) is 11.5 Å². The van der Waals surface area contributed by atoms with Crippen LogP contribution in [0.2, 0.25) is 0 Å². The van der Waals surface area contributed by atoms with Crippen LogP contribution in [0.5, 0.6) is 0 Å². The molecule has 6 heteroatoms. The van der Waals surface area contributed by atoms with Gasteiger partial charge in [0.2, 0.25) is 5.71 Å². The number of nitrogens with one attached hydrogen (secondary N) is 2. The molecule has 0 aliphatic carbocycles. The molecule has 0 aliphatic rings. The third kappa shape index (κ3) is 3.00. The zero-order valence-corrected chi connectivity index (χ0v) is 9.51. The summed E-state index contributed by atoms with van der Waals surface area (Å²) < 4.78 is 0. The molecule has 0 radical (unpaired) electrons. The number of thioether (sulfide) groups is 1. The van der Waals surface area contributed by atoms with Crippen LogP contribution in [0.25, 0.3) is 0 Å². The van der Waals surface area contributed by atoms with Crippen LogP contribution < -0.4 is 11.2 Å². The Labute approximate surface area is 97.8 Å². The Hall–Kier alpha value is -2.00. The Morgan fingerprint density at radius 1 is 1.56 bits per heavy atom. The fourth-order valence-electron chi connectivity index (χ4n) is 0.999. The van der Waals surface area contributed by atoms with Crippen LogP contribution in [0, 0.1) is 16.7 Å². The maximum Gasteiger partial charge on any atom is 0.201 e. The molecule has 16 heavy (non-hydrogen) atoms. The second-order valence-electron chi connectivity index (χ2n) is 2.80. The molecule has 0 bridgehead atoms. The lowest BCUT2D eigenvalue weighted by Gasteiger charge is -2.05. The predicted molar refractivity (Wildman–Crippen MR) is 66.8 cm³/mol. The molecule has 0 saturated carbocycles. The van der Waals surface area contributed by atoms with E-state index in [1.54, 1.807) is 17.8 Å². The molecule has 0 heterocycles. The van der Waals surface area contributed by atoms with E-state index < -0.39 is 0 Å². The van der Waals surface area contributed by atoms with Gasteiger partial charge < -0.3 is 5.73 Å². The Balaban J connectivity index is 2.89. The third-order valence-electron chi connectivity index (χ3n) is 1.76. The molecule has 1 rings (SSSR count). The number of hydrogen-bond donors (Lipinski definition) is 3. The average Bonchev–Trinajstić information content (AvgIpc) is 2.30. The molecule has 0 fully saturated rings. The van der Waals surface area contributed by atoms with Crippen LogP contribution in [0.3, 0.4) is 0 Å². The van der Waals surface area contributed by atoms with Gasteiger partial charge in [0, 0.05) is 4.90 Å². The van der Waals surface area contributed by atoms with Crippen molar-refractivity contribution >= 4 is 29.0 Å². The van der Waals surface area contributed by atoms with Gasteiger partial charge in [-0.05, 0) is 18.4 Å². The Kier molecular flexibility index (Phi) is 4.36. The molecule has 5 nitrogen and oxygen atoms in total. The number of benzene rings is 1. The van der Waals surface area contributed by atoms with Crippen LogP contribution in [0.1, 0.15) is 0 Å². The number of anilines is 1. The lowest BCUT2D eigenvalue weighted by molar-refractivity contribution is 1.28. The van der Waals surface area contributed by atoms with Gasteiger partial charge in [-0.2, -0.15) is 10.4 Å². The van der Waals surface area contributed by atoms with E-state index in [2.05, 4.69) is 10.5 Å². The first-order valence-electron chi connectivity index (χ1n) is 4.40. The Morgan fingerprint density at radius 3 is 2.81 bits per heavy atom.